The molecule has 1 aromatic carbocycles. The Kier molecular flexibility index (Phi) is 6.51. The first-order chi connectivity index (χ1) is 12.6. The van der Waals surface area contributed by atoms with Crippen molar-refractivity contribution in [3.05, 3.63) is 35.3 Å². The summed E-state index contributed by atoms with van der Waals surface area (Å²) in [4.78, 5) is 29.6. The number of nitrogens with zero attached hydrogens (tertiary/aromatic N) is 1. The fourth-order valence-electron chi connectivity index (χ4n) is 2.94. The second kappa shape index (κ2) is 9.05. The minimum Gasteiger partial charge on any atom is -0.335 e. The quantitative estimate of drug-likeness (QED) is 0.648. The maximum absolute atomic E-state index is 12.3. The van der Waals surface area contributed by atoms with Crippen molar-refractivity contribution in [1.29, 1.82) is 0 Å². The lowest BCUT2D eigenvalue weighted by Crippen LogP contribution is -2.36. The number of benzene rings is 1. The topological polar surface area (TPSA) is 83.1 Å². The number of anilines is 2. The van der Waals surface area contributed by atoms with Crippen LogP contribution in [0.25, 0.3) is 0 Å². The third-order valence-corrected chi connectivity index (χ3v) is 5.79. The number of hydrogen-bond acceptors (Lipinski definition) is 5. The van der Waals surface area contributed by atoms with Crippen LogP contribution in [0.3, 0.4) is 0 Å². The number of hydrogen-bond donors (Lipinski definition) is 3. The van der Waals surface area contributed by atoms with E-state index >= 15 is 0 Å². The predicted octanol–water partition coefficient (Wildman–Crippen LogP) is 4.11. The highest BCUT2D eigenvalue weighted by molar-refractivity contribution is 7.98. The molecule has 1 heterocycles. The van der Waals surface area contributed by atoms with Crippen molar-refractivity contribution in [2.75, 3.05) is 16.9 Å². The van der Waals surface area contributed by atoms with Gasteiger partial charge in [0.05, 0.1) is 17.8 Å². The summed E-state index contributed by atoms with van der Waals surface area (Å²) < 4.78 is 0. The van der Waals surface area contributed by atoms with E-state index in [0.29, 0.717) is 10.8 Å². The summed E-state index contributed by atoms with van der Waals surface area (Å²) in [7, 11) is 0. The van der Waals surface area contributed by atoms with Crippen LogP contribution in [0.15, 0.2) is 34.5 Å². The highest BCUT2D eigenvalue weighted by atomic mass is 32.2. The van der Waals surface area contributed by atoms with Gasteiger partial charge in [-0.2, -0.15) is 0 Å². The van der Waals surface area contributed by atoms with Gasteiger partial charge in [-0.05, 0) is 31.2 Å². The molecular weight excluding hydrogens is 368 g/mol. The van der Waals surface area contributed by atoms with E-state index < -0.39 is 0 Å². The van der Waals surface area contributed by atoms with Crippen LogP contribution >= 0.6 is 23.1 Å². The maximum Gasteiger partial charge on any atom is 0.321 e. The Hall–Kier alpha value is -2.06. The first-order valence-corrected chi connectivity index (χ1v) is 10.7. The standard InChI is InChI=1S/C18H22N4O2S2/c1-25-15-9-5-4-8-14(15)21-16(23)10-13-11-26-18(20-13)22-17(24)19-12-6-2-3-7-12/h4-5,8-9,11-12H,2-3,6-7,10H2,1H3,(H,21,23)(H2,19,20,22,24). The van der Waals surface area contributed by atoms with Gasteiger partial charge >= 0.3 is 6.03 Å². The number of amides is 3. The van der Waals surface area contributed by atoms with Gasteiger partial charge in [-0.1, -0.05) is 25.0 Å². The van der Waals surface area contributed by atoms with Crippen molar-refractivity contribution in [2.24, 2.45) is 0 Å². The van der Waals surface area contributed by atoms with Crippen molar-refractivity contribution >= 4 is 45.9 Å². The largest absolute Gasteiger partial charge is 0.335 e. The van der Waals surface area contributed by atoms with Crippen molar-refractivity contribution < 1.29 is 9.59 Å². The lowest BCUT2D eigenvalue weighted by atomic mass is 10.3. The molecule has 0 spiro atoms. The van der Waals surface area contributed by atoms with E-state index in [0.717, 1.165) is 23.4 Å². The molecule has 0 aliphatic heterocycles. The van der Waals surface area contributed by atoms with Gasteiger partial charge in [0.15, 0.2) is 5.13 Å². The molecule has 0 radical (unpaired) electrons. The highest BCUT2D eigenvalue weighted by Crippen LogP contribution is 2.25. The molecule has 3 N–H and O–H groups in total. The minimum absolute atomic E-state index is 0.126. The van der Waals surface area contributed by atoms with Crippen LogP contribution in [0.4, 0.5) is 15.6 Å². The molecule has 0 unspecified atom stereocenters. The van der Waals surface area contributed by atoms with E-state index in [1.165, 1.54) is 24.2 Å². The van der Waals surface area contributed by atoms with Gasteiger partial charge in [0.1, 0.15) is 0 Å². The molecule has 1 aliphatic rings. The Balaban J connectivity index is 1.51. The molecule has 8 heteroatoms. The summed E-state index contributed by atoms with van der Waals surface area (Å²) in [6.45, 7) is 0. The van der Waals surface area contributed by atoms with Crippen LogP contribution in [0, 0.1) is 0 Å². The third kappa shape index (κ3) is 5.22. The molecule has 1 aromatic heterocycles. The minimum atomic E-state index is -0.226. The number of aromatic nitrogens is 1. The average Bonchev–Trinajstić information content (AvgIpc) is 3.27. The predicted molar refractivity (Wildman–Crippen MR) is 107 cm³/mol. The monoisotopic (exact) mass is 390 g/mol. The third-order valence-electron chi connectivity index (χ3n) is 4.19. The van der Waals surface area contributed by atoms with E-state index in [2.05, 4.69) is 20.9 Å². The Morgan fingerprint density at radius 3 is 2.77 bits per heavy atom. The first-order valence-electron chi connectivity index (χ1n) is 8.59. The van der Waals surface area contributed by atoms with Crippen LogP contribution in [0.5, 0.6) is 0 Å². The molecule has 138 valence electrons. The zero-order valence-electron chi connectivity index (χ0n) is 14.6. The first kappa shape index (κ1) is 18.7. The van der Waals surface area contributed by atoms with Crippen LogP contribution in [-0.4, -0.2) is 29.2 Å². The summed E-state index contributed by atoms with van der Waals surface area (Å²) in [5.41, 5.74) is 1.44. The Morgan fingerprint density at radius 2 is 2.00 bits per heavy atom. The molecule has 6 nitrogen and oxygen atoms in total. The zero-order valence-corrected chi connectivity index (χ0v) is 16.2. The molecule has 0 saturated heterocycles. The van der Waals surface area contributed by atoms with Crippen LogP contribution < -0.4 is 16.0 Å². The van der Waals surface area contributed by atoms with Crippen molar-refractivity contribution in [3.63, 3.8) is 0 Å². The molecule has 0 atom stereocenters. The van der Waals surface area contributed by atoms with Gasteiger partial charge in [-0.15, -0.1) is 23.1 Å². The molecule has 1 fully saturated rings. The second-order valence-corrected chi connectivity index (χ2v) is 7.86. The molecule has 1 aliphatic carbocycles. The molecule has 3 rings (SSSR count). The zero-order chi connectivity index (χ0) is 18.4. The smallest absolute Gasteiger partial charge is 0.321 e. The summed E-state index contributed by atoms with van der Waals surface area (Å²) in [6.07, 6.45) is 6.55. The summed E-state index contributed by atoms with van der Waals surface area (Å²) in [5, 5.41) is 10.9. The number of urea groups is 1. The SMILES string of the molecule is CSc1ccccc1NC(=O)Cc1csc(NC(=O)NC2CCCC2)n1. The van der Waals surface area contributed by atoms with E-state index in [9.17, 15) is 9.59 Å². The number of carbonyl (C=O) groups excluding carboxylic acids is 2. The van der Waals surface area contributed by atoms with E-state index in [4.69, 9.17) is 0 Å². The number of rotatable bonds is 6. The summed E-state index contributed by atoms with van der Waals surface area (Å²) in [6, 6.07) is 7.71. The highest BCUT2D eigenvalue weighted by Gasteiger charge is 2.18. The van der Waals surface area contributed by atoms with Crippen molar-refractivity contribution in [2.45, 2.75) is 43.0 Å². The second-order valence-electron chi connectivity index (χ2n) is 6.15. The fraction of sp³-hybridized carbons (Fsp3) is 0.389. The molecule has 0 bridgehead atoms. The number of thiazole rings is 1. The van der Waals surface area contributed by atoms with Gasteiger partial charge in [0.25, 0.3) is 0 Å². The van der Waals surface area contributed by atoms with E-state index in [-0.39, 0.29) is 24.4 Å². The molecular formula is C18H22N4O2S2. The number of carbonyl (C=O) groups is 2. The van der Waals surface area contributed by atoms with Gasteiger partial charge in [-0.3, -0.25) is 10.1 Å². The van der Waals surface area contributed by atoms with Gasteiger partial charge in [0, 0.05) is 16.3 Å². The van der Waals surface area contributed by atoms with Crippen LogP contribution in [0.2, 0.25) is 0 Å². The normalized spacial score (nSPS) is 14.2. The molecule has 1 saturated carbocycles. The summed E-state index contributed by atoms with van der Waals surface area (Å²) >= 11 is 2.91. The Morgan fingerprint density at radius 1 is 1.23 bits per heavy atom. The van der Waals surface area contributed by atoms with Gasteiger partial charge in [-0.25, -0.2) is 9.78 Å². The van der Waals surface area contributed by atoms with E-state index in [1.54, 1.807) is 17.1 Å². The van der Waals surface area contributed by atoms with E-state index in [1.807, 2.05) is 30.5 Å². The van der Waals surface area contributed by atoms with Gasteiger partial charge < -0.3 is 10.6 Å². The van der Waals surface area contributed by atoms with Crippen molar-refractivity contribution in [3.8, 4) is 0 Å². The summed E-state index contributed by atoms with van der Waals surface area (Å²) in [5.74, 6) is -0.126. The Labute approximate surface area is 161 Å². The molecule has 2 aromatic rings. The maximum atomic E-state index is 12.3. The number of thioether (sulfide) groups is 1. The van der Waals surface area contributed by atoms with Crippen molar-refractivity contribution in [1.82, 2.24) is 10.3 Å². The molecule has 3 amide bonds. The number of nitrogens with one attached hydrogen (secondary N) is 3. The number of para-hydroxylation sites is 1. The molecule has 26 heavy (non-hydrogen) atoms. The lowest BCUT2D eigenvalue weighted by Gasteiger charge is -2.11. The van der Waals surface area contributed by atoms with Gasteiger partial charge in [0.2, 0.25) is 5.91 Å². The van der Waals surface area contributed by atoms with Crippen LogP contribution in [0.1, 0.15) is 31.4 Å². The lowest BCUT2D eigenvalue weighted by molar-refractivity contribution is -0.115. The Bertz CT molecular complexity index is 772. The average molecular weight is 391 g/mol. The van der Waals surface area contributed by atoms with Crippen LogP contribution in [-0.2, 0) is 11.2 Å². The fourth-order valence-corrected chi connectivity index (χ4v) is 4.20.